The van der Waals surface area contributed by atoms with Gasteiger partial charge in [0.05, 0.1) is 23.2 Å². The maximum absolute atomic E-state index is 12.9. The topological polar surface area (TPSA) is 73.7 Å². The minimum atomic E-state index is -5.08. The summed E-state index contributed by atoms with van der Waals surface area (Å²) < 4.78 is 31.7. The number of carboxylic acid groups (broad SMARTS) is 1. The summed E-state index contributed by atoms with van der Waals surface area (Å²) in [6.45, 7) is 3.36. The van der Waals surface area contributed by atoms with E-state index in [1.165, 1.54) is 11.3 Å². The molecule has 2 aliphatic rings. The zero-order valence-corrected chi connectivity index (χ0v) is 19.5. The lowest BCUT2D eigenvalue weighted by Gasteiger charge is -2.26. The van der Waals surface area contributed by atoms with Crippen LogP contribution in [0.1, 0.15) is 23.2 Å². The van der Waals surface area contributed by atoms with Crippen LogP contribution in [0, 0.1) is 0 Å². The lowest BCUT2D eigenvalue weighted by Crippen LogP contribution is -2.38. The fraction of sp³-hybridized carbons (Fsp3) is 0.296. The second-order valence-electron chi connectivity index (χ2n) is 9.02. The Morgan fingerprint density at radius 3 is 2.14 bits per heavy atom. The van der Waals surface area contributed by atoms with Crippen LogP contribution in [0.15, 0.2) is 79.0 Å². The molecule has 1 aromatic heterocycles. The third kappa shape index (κ3) is 5.67. The molecule has 1 N–H and O–H groups in total. The molecule has 3 heterocycles. The minimum Gasteiger partial charge on any atom is -0.475 e. The fourth-order valence-electron chi connectivity index (χ4n) is 4.82. The first kappa shape index (κ1) is 25.2. The Morgan fingerprint density at radius 1 is 0.917 bits per heavy atom. The van der Waals surface area contributed by atoms with Crippen LogP contribution < -0.4 is 4.90 Å². The average Bonchev–Trinajstić information content (AvgIpc) is 3.42. The highest BCUT2D eigenvalue weighted by atomic mass is 19.4. The van der Waals surface area contributed by atoms with Crippen LogP contribution in [0.25, 0.3) is 0 Å². The van der Waals surface area contributed by atoms with Gasteiger partial charge in [0.2, 0.25) is 5.91 Å². The fourth-order valence-corrected chi connectivity index (χ4v) is 4.82. The SMILES string of the molecule is O=C(Cc1ccccc1)N1CCC2(C1)CN(Cc1ccccc1)c1cccnc12.O=C(O)C(F)(F)F. The highest BCUT2D eigenvalue weighted by Crippen LogP contribution is 2.45. The van der Waals surface area contributed by atoms with E-state index in [1.54, 1.807) is 0 Å². The van der Waals surface area contributed by atoms with Crippen molar-refractivity contribution in [2.45, 2.75) is 31.0 Å². The summed E-state index contributed by atoms with van der Waals surface area (Å²) in [5.74, 6) is -2.54. The molecule has 5 rings (SSSR count). The lowest BCUT2D eigenvalue weighted by atomic mass is 9.85. The molecule has 0 radical (unpaired) electrons. The van der Waals surface area contributed by atoms with Gasteiger partial charge >= 0.3 is 12.1 Å². The number of fused-ring (bicyclic) bond motifs is 2. The average molecular weight is 498 g/mol. The number of rotatable bonds is 4. The van der Waals surface area contributed by atoms with E-state index in [-0.39, 0.29) is 11.3 Å². The van der Waals surface area contributed by atoms with E-state index in [0.29, 0.717) is 6.42 Å². The Hall–Kier alpha value is -3.88. The number of hydrogen-bond donors (Lipinski definition) is 1. The third-order valence-electron chi connectivity index (χ3n) is 6.49. The van der Waals surface area contributed by atoms with Crippen LogP contribution in [0.2, 0.25) is 0 Å². The first-order valence-electron chi connectivity index (χ1n) is 11.5. The molecule has 36 heavy (non-hydrogen) atoms. The van der Waals surface area contributed by atoms with E-state index in [1.807, 2.05) is 47.5 Å². The van der Waals surface area contributed by atoms with Gasteiger partial charge < -0.3 is 14.9 Å². The van der Waals surface area contributed by atoms with Gasteiger partial charge in [-0.1, -0.05) is 60.7 Å². The predicted molar refractivity (Wildman–Crippen MR) is 128 cm³/mol. The molecule has 9 heteroatoms. The summed E-state index contributed by atoms with van der Waals surface area (Å²) in [4.78, 5) is 31.1. The van der Waals surface area contributed by atoms with Crippen LogP contribution in [-0.2, 0) is 28.0 Å². The number of amides is 1. The van der Waals surface area contributed by atoms with Crippen LogP contribution in [0.3, 0.4) is 0 Å². The summed E-state index contributed by atoms with van der Waals surface area (Å²) in [6, 6.07) is 24.8. The number of carbonyl (C=O) groups is 2. The summed E-state index contributed by atoms with van der Waals surface area (Å²) in [7, 11) is 0. The first-order valence-corrected chi connectivity index (χ1v) is 11.5. The Kier molecular flexibility index (Phi) is 7.28. The second-order valence-corrected chi connectivity index (χ2v) is 9.02. The Morgan fingerprint density at radius 2 is 1.53 bits per heavy atom. The van der Waals surface area contributed by atoms with Gasteiger partial charge in [0.25, 0.3) is 0 Å². The van der Waals surface area contributed by atoms with E-state index in [2.05, 4.69) is 41.3 Å². The summed E-state index contributed by atoms with van der Waals surface area (Å²) in [5, 5.41) is 7.12. The van der Waals surface area contributed by atoms with Gasteiger partial charge in [0, 0.05) is 32.4 Å². The third-order valence-corrected chi connectivity index (χ3v) is 6.49. The number of hydrogen-bond acceptors (Lipinski definition) is 4. The molecule has 2 aliphatic heterocycles. The molecule has 1 spiro atoms. The van der Waals surface area contributed by atoms with Crippen molar-refractivity contribution < 1.29 is 27.9 Å². The number of nitrogens with zero attached hydrogens (tertiary/aromatic N) is 3. The predicted octanol–water partition coefficient (Wildman–Crippen LogP) is 4.45. The van der Waals surface area contributed by atoms with Crippen molar-refractivity contribution in [3.05, 3.63) is 95.8 Å². The molecular formula is C27H26F3N3O3. The number of carbonyl (C=O) groups excluding carboxylic acids is 1. The smallest absolute Gasteiger partial charge is 0.475 e. The number of aliphatic carboxylic acids is 1. The number of carboxylic acids is 1. The number of anilines is 1. The van der Waals surface area contributed by atoms with Crippen molar-refractivity contribution >= 4 is 17.6 Å². The highest BCUT2D eigenvalue weighted by Gasteiger charge is 2.49. The van der Waals surface area contributed by atoms with Crippen LogP contribution >= 0.6 is 0 Å². The molecule has 0 aliphatic carbocycles. The summed E-state index contributed by atoms with van der Waals surface area (Å²) >= 11 is 0. The van der Waals surface area contributed by atoms with Gasteiger partial charge in [-0.05, 0) is 29.7 Å². The zero-order valence-electron chi connectivity index (χ0n) is 19.5. The van der Waals surface area contributed by atoms with E-state index in [0.717, 1.165) is 43.9 Å². The molecule has 1 fully saturated rings. The van der Waals surface area contributed by atoms with Crippen molar-refractivity contribution in [1.82, 2.24) is 9.88 Å². The highest BCUT2D eigenvalue weighted by molar-refractivity contribution is 5.79. The summed E-state index contributed by atoms with van der Waals surface area (Å²) in [5.41, 5.74) is 4.70. The number of aromatic nitrogens is 1. The van der Waals surface area contributed by atoms with Crippen molar-refractivity contribution in [2.75, 3.05) is 24.5 Å². The van der Waals surface area contributed by atoms with Gasteiger partial charge in [-0.2, -0.15) is 13.2 Å². The Labute approximate surface area is 207 Å². The zero-order chi connectivity index (χ0) is 25.8. The number of halogens is 3. The van der Waals surface area contributed by atoms with Crippen molar-refractivity contribution in [3.8, 4) is 0 Å². The Balaban J connectivity index is 0.000000384. The monoisotopic (exact) mass is 497 g/mol. The van der Waals surface area contributed by atoms with E-state index >= 15 is 0 Å². The molecule has 1 unspecified atom stereocenters. The van der Waals surface area contributed by atoms with Crippen LogP contribution in [0.4, 0.5) is 18.9 Å². The molecule has 1 atom stereocenters. The number of alkyl halides is 3. The lowest BCUT2D eigenvalue weighted by molar-refractivity contribution is -0.192. The quantitative estimate of drug-likeness (QED) is 0.577. The number of benzene rings is 2. The van der Waals surface area contributed by atoms with Crippen LogP contribution in [-0.4, -0.2) is 52.7 Å². The van der Waals surface area contributed by atoms with E-state index < -0.39 is 12.1 Å². The summed E-state index contributed by atoms with van der Waals surface area (Å²) in [6.07, 6.45) is -1.75. The number of pyridine rings is 1. The molecule has 3 aromatic rings. The second kappa shape index (κ2) is 10.4. The molecule has 6 nitrogen and oxygen atoms in total. The van der Waals surface area contributed by atoms with Gasteiger partial charge in [0.1, 0.15) is 0 Å². The molecule has 188 valence electrons. The number of likely N-dealkylation sites (tertiary alicyclic amines) is 1. The standard InChI is InChI=1S/C25H25N3O.C2HF3O2/c29-23(16-20-8-3-1-4-9-20)27-15-13-25(18-27)19-28(17-21-10-5-2-6-11-21)22-12-7-14-26-24(22)25;3-2(4,5)1(6)7/h1-12,14H,13,15-19H2;(H,6,7). The molecule has 0 bridgehead atoms. The van der Waals surface area contributed by atoms with Gasteiger partial charge in [-0.25, -0.2) is 4.79 Å². The first-order chi connectivity index (χ1) is 17.2. The van der Waals surface area contributed by atoms with Crippen molar-refractivity contribution in [3.63, 3.8) is 0 Å². The normalized spacial score (nSPS) is 18.5. The van der Waals surface area contributed by atoms with Gasteiger partial charge in [-0.15, -0.1) is 0 Å². The maximum Gasteiger partial charge on any atom is 0.490 e. The largest absolute Gasteiger partial charge is 0.490 e. The van der Waals surface area contributed by atoms with Gasteiger partial charge in [0.15, 0.2) is 0 Å². The van der Waals surface area contributed by atoms with Crippen molar-refractivity contribution in [2.24, 2.45) is 0 Å². The van der Waals surface area contributed by atoms with E-state index in [4.69, 9.17) is 14.9 Å². The maximum atomic E-state index is 12.9. The molecule has 0 saturated carbocycles. The molecular weight excluding hydrogens is 471 g/mol. The molecule has 2 aromatic carbocycles. The molecule has 1 amide bonds. The Bertz CT molecular complexity index is 1200. The van der Waals surface area contributed by atoms with Gasteiger partial charge in [-0.3, -0.25) is 9.78 Å². The minimum absolute atomic E-state index is 0.0578. The van der Waals surface area contributed by atoms with Crippen LogP contribution in [0.5, 0.6) is 0 Å². The van der Waals surface area contributed by atoms with E-state index in [9.17, 15) is 18.0 Å². The molecule has 1 saturated heterocycles. The van der Waals surface area contributed by atoms with Crippen molar-refractivity contribution in [1.29, 1.82) is 0 Å².